The van der Waals surface area contributed by atoms with Crippen molar-refractivity contribution in [1.29, 1.82) is 0 Å². The molecule has 120 valence electrons. The van der Waals surface area contributed by atoms with E-state index in [-0.39, 0.29) is 0 Å². The van der Waals surface area contributed by atoms with E-state index in [1.807, 2.05) is 6.07 Å². The van der Waals surface area contributed by atoms with Gasteiger partial charge in [-0.15, -0.1) is 0 Å². The molecular weight excluding hydrogens is 314 g/mol. The van der Waals surface area contributed by atoms with Crippen LogP contribution in [-0.4, -0.2) is 34.8 Å². The van der Waals surface area contributed by atoms with Crippen molar-refractivity contribution in [2.24, 2.45) is 0 Å². The molecular formula is C20H19N3S. The number of aromatic nitrogens is 2. The summed E-state index contributed by atoms with van der Waals surface area (Å²) in [4.78, 5) is 2.51. The van der Waals surface area contributed by atoms with Crippen molar-refractivity contribution < 1.29 is 0 Å². The van der Waals surface area contributed by atoms with Crippen molar-refractivity contribution in [2.45, 2.75) is 6.42 Å². The van der Waals surface area contributed by atoms with Crippen molar-refractivity contribution in [2.75, 3.05) is 29.5 Å². The summed E-state index contributed by atoms with van der Waals surface area (Å²) < 4.78 is 0. The first-order valence-electron chi connectivity index (χ1n) is 8.49. The van der Waals surface area contributed by atoms with E-state index >= 15 is 0 Å². The number of rotatable bonds is 2. The summed E-state index contributed by atoms with van der Waals surface area (Å²) in [7, 11) is 0. The number of fused-ring (bicyclic) bond motifs is 3. The molecule has 24 heavy (non-hydrogen) atoms. The van der Waals surface area contributed by atoms with E-state index in [9.17, 15) is 0 Å². The number of nitrogens with zero attached hydrogens (tertiary/aromatic N) is 2. The summed E-state index contributed by atoms with van der Waals surface area (Å²) in [6, 6.07) is 17.4. The minimum Gasteiger partial charge on any atom is -0.370 e. The molecule has 0 atom stereocenters. The Balaban J connectivity index is 1.51. The van der Waals surface area contributed by atoms with Crippen molar-refractivity contribution in [3.63, 3.8) is 0 Å². The van der Waals surface area contributed by atoms with Gasteiger partial charge < -0.3 is 4.90 Å². The first kappa shape index (κ1) is 14.2. The van der Waals surface area contributed by atoms with Crippen LogP contribution in [-0.2, 0) is 6.42 Å². The first-order chi connectivity index (χ1) is 11.9. The lowest BCUT2D eigenvalue weighted by molar-refractivity contribution is 0.858. The van der Waals surface area contributed by atoms with Crippen LogP contribution in [0.5, 0.6) is 0 Å². The Morgan fingerprint density at radius 3 is 2.67 bits per heavy atom. The SMILES string of the molecule is c1ccc(-c2n[nH]c3c2Cc2cc(N4CCSCC4)ccc2-3)cc1. The minimum absolute atomic E-state index is 0.974. The average Bonchev–Trinajstić information content (AvgIpc) is 3.21. The number of aromatic amines is 1. The van der Waals surface area contributed by atoms with Crippen LogP contribution in [0.15, 0.2) is 48.5 Å². The molecule has 1 aromatic heterocycles. The fraction of sp³-hybridized carbons (Fsp3) is 0.250. The van der Waals surface area contributed by atoms with Crippen LogP contribution in [0.25, 0.3) is 22.5 Å². The van der Waals surface area contributed by atoms with Crippen molar-refractivity contribution in [3.05, 3.63) is 59.7 Å². The molecule has 4 heteroatoms. The Labute approximate surface area is 146 Å². The molecule has 0 spiro atoms. The van der Waals surface area contributed by atoms with Crippen LogP contribution >= 0.6 is 11.8 Å². The van der Waals surface area contributed by atoms with Crippen molar-refractivity contribution >= 4 is 17.4 Å². The fourth-order valence-corrected chi connectivity index (χ4v) is 4.68. The predicted molar refractivity (Wildman–Crippen MR) is 102 cm³/mol. The number of thioether (sulfide) groups is 1. The number of nitrogens with one attached hydrogen (secondary N) is 1. The molecule has 5 rings (SSSR count). The summed E-state index contributed by atoms with van der Waals surface area (Å²) in [5, 5.41) is 7.85. The summed E-state index contributed by atoms with van der Waals surface area (Å²) in [6.07, 6.45) is 0.974. The molecule has 2 heterocycles. The molecule has 3 nitrogen and oxygen atoms in total. The van der Waals surface area contributed by atoms with Gasteiger partial charge in [0.15, 0.2) is 0 Å². The highest BCUT2D eigenvalue weighted by Gasteiger charge is 2.26. The Kier molecular flexibility index (Phi) is 3.37. The smallest absolute Gasteiger partial charge is 0.0962 e. The summed E-state index contributed by atoms with van der Waals surface area (Å²) in [6.45, 7) is 2.32. The molecule has 1 aliphatic heterocycles. The molecule has 0 radical (unpaired) electrons. The minimum atomic E-state index is 0.974. The number of hydrogen-bond acceptors (Lipinski definition) is 3. The Morgan fingerprint density at radius 2 is 1.83 bits per heavy atom. The molecule has 2 aromatic carbocycles. The monoisotopic (exact) mass is 333 g/mol. The molecule has 0 unspecified atom stereocenters. The zero-order valence-corrected chi connectivity index (χ0v) is 14.3. The van der Waals surface area contributed by atoms with E-state index in [4.69, 9.17) is 0 Å². The molecule has 1 aliphatic carbocycles. The maximum absolute atomic E-state index is 4.58. The molecule has 1 saturated heterocycles. The van der Waals surface area contributed by atoms with Crippen LogP contribution in [0, 0.1) is 0 Å². The standard InChI is InChI=1S/C20H19N3S/c1-2-4-14(5-3-1)19-18-13-15-12-16(23-8-10-24-11-9-23)6-7-17(15)20(18)22-21-19/h1-7,12H,8-11,13H2,(H,21,22). The first-order valence-corrected chi connectivity index (χ1v) is 9.64. The Bertz CT molecular complexity index is 879. The highest BCUT2D eigenvalue weighted by atomic mass is 32.2. The molecule has 1 fully saturated rings. The van der Waals surface area contributed by atoms with Gasteiger partial charge in [0.25, 0.3) is 0 Å². The lowest BCUT2D eigenvalue weighted by Gasteiger charge is -2.28. The predicted octanol–water partition coefficient (Wildman–Crippen LogP) is 4.20. The average molecular weight is 333 g/mol. The zero-order chi connectivity index (χ0) is 15.9. The lowest BCUT2D eigenvalue weighted by Crippen LogP contribution is -2.32. The van der Waals surface area contributed by atoms with Gasteiger partial charge in [0.2, 0.25) is 0 Å². The third kappa shape index (κ3) is 2.25. The van der Waals surface area contributed by atoms with E-state index in [2.05, 4.69) is 69.3 Å². The fourth-order valence-electron chi connectivity index (χ4n) is 3.77. The molecule has 3 aromatic rings. The highest BCUT2D eigenvalue weighted by molar-refractivity contribution is 7.99. The molecule has 0 amide bonds. The van der Waals surface area contributed by atoms with Gasteiger partial charge in [-0.1, -0.05) is 36.4 Å². The second-order valence-electron chi connectivity index (χ2n) is 6.41. The quantitative estimate of drug-likeness (QED) is 0.596. The lowest BCUT2D eigenvalue weighted by atomic mass is 10.1. The second kappa shape index (κ2) is 5.71. The van der Waals surface area contributed by atoms with Gasteiger partial charge >= 0.3 is 0 Å². The van der Waals surface area contributed by atoms with Crippen LogP contribution in [0.2, 0.25) is 0 Å². The second-order valence-corrected chi connectivity index (χ2v) is 7.63. The Morgan fingerprint density at radius 1 is 1.00 bits per heavy atom. The van der Waals surface area contributed by atoms with Gasteiger partial charge in [0.1, 0.15) is 0 Å². The molecule has 0 saturated carbocycles. The third-order valence-electron chi connectivity index (χ3n) is 5.02. The zero-order valence-electron chi connectivity index (χ0n) is 13.5. The third-order valence-corrected chi connectivity index (χ3v) is 5.96. The van der Waals surface area contributed by atoms with E-state index in [1.165, 1.54) is 45.1 Å². The van der Waals surface area contributed by atoms with Gasteiger partial charge in [0.05, 0.1) is 11.4 Å². The van der Waals surface area contributed by atoms with Gasteiger partial charge in [-0.25, -0.2) is 0 Å². The molecule has 2 aliphatic rings. The summed E-state index contributed by atoms with van der Waals surface area (Å²) >= 11 is 2.05. The largest absolute Gasteiger partial charge is 0.370 e. The van der Waals surface area contributed by atoms with Crippen molar-refractivity contribution in [3.8, 4) is 22.5 Å². The van der Waals surface area contributed by atoms with Gasteiger partial charge in [-0.05, 0) is 17.7 Å². The van der Waals surface area contributed by atoms with Gasteiger partial charge in [0, 0.05) is 53.4 Å². The Hall–Kier alpha value is -2.20. The van der Waals surface area contributed by atoms with E-state index < -0.39 is 0 Å². The summed E-state index contributed by atoms with van der Waals surface area (Å²) in [5.74, 6) is 2.47. The topological polar surface area (TPSA) is 31.9 Å². The molecule has 0 bridgehead atoms. The van der Waals surface area contributed by atoms with E-state index in [1.54, 1.807) is 0 Å². The maximum atomic E-state index is 4.58. The van der Waals surface area contributed by atoms with Crippen LogP contribution in [0.1, 0.15) is 11.1 Å². The van der Waals surface area contributed by atoms with Gasteiger partial charge in [-0.2, -0.15) is 16.9 Å². The summed E-state index contributed by atoms with van der Waals surface area (Å²) in [5.41, 5.74) is 8.93. The van der Waals surface area contributed by atoms with Crippen LogP contribution in [0.3, 0.4) is 0 Å². The van der Waals surface area contributed by atoms with E-state index in [0.29, 0.717) is 0 Å². The maximum Gasteiger partial charge on any atom is 0.0962 e. The van der Waals surface area contributed by atoms with E-state index in [0.717, 1.165) is 25.2 Å². The number of benzene rings is 2. The number of hydrogen-bond donors (Lipinski definition) is 1. The van der Waals surface area contributed by atoms with Gasteiger partial charge in [-0.3, -0.25) is 5.10 Å². The van der Waals surface area contributed by atoms with Crippen LogP contribution < -0.4 is 4.90 Å². The van der Waals surface area contributed by atoms with Crippen molar-refractivity contribution in [1.82, 2.24) is 10.2 Å². The number of anilines is 1. The van der Waals surface area contributed by atoms with Crippen LogP contribution in [0.4, 0.5) is 5.69 Å². The molecule has 1 N–H and O–H groups in total. The number of H-pyrrole nitrogens is 1. The normalized spacial score (nSPS) is 16.1. The highest BCUT2D eigenvalue weighted by Crippen LogP contribution is 2.41.